The van der Waals surface area contributed by atoms with E-state index in [1.807, 2.05) is 45.0 Å². The van der Waals surface area contributed by atoms with Crippen LogP contribution >= 0.6 is 0 Å². The molecule has 220 valence electrons. The van der Waals surface area contributed by atoms with Crippen LogP contribution in [0.1, 0.15) is 38.3 Å². The van der Waals surface area contributed by atoms with Gasteiger partial charge in [0.15, 0.2) is 0 Å². The number of amides is 2. The Kier molecular flexibility index (Phi) is 10.8. The van der Waals surface area contributed by atoms with Crippen molar-refractivity contribution >= 4 is 27.5 Å². The summed E-state index contributed by atoms with van der Waals surface area (Å²) in [5.41, 5.74) is 2.00. The van der Waals surface area contributed by atoms with Crippen LogP contribution in [0.4, 0.5) is 5.69 Å². The van der Waals surface area contributed by atoms with Gasteiger partial charge in [0, 0.05) is 18.7 Å². The average molecular weight is 582 g/mol. The van der Waals surface area contributed by atoms with Crippen LogP contribution in [0.5, 0.6) is 11.5 Å². The summed E-state index contributed by atoms with van der Waals surface area (Å²) < 4.78 is 39.9. The molecule has 2 atom stereocenters. The molecule has 0 unspecified atom stereocenters. The molecule has 41 heavy (non-hydrogen) atoms. The van der Waals surface area contributed by atoms with Crippen LogP contribution in [0.15, 0.2) is 77.7 Å². The smallest absolute Gasteiger partial charge is 0.264 e. The third-order valence-corrected chi connectivity index (χ3v) is 8.68. The van der Waals surface area contributed by atoms with Gasteiger partial charge in [-0.2, -0.15) is 0 Å². The zero-order chi connectivity index (χ0) is 30.2. The van der Waals surface area contributed by atoms with Crippen LogP contribution in [-0.4, -0.2) is 58.0 Å². The average Bonchev–Trinajstić information content (AvgIpc) is 2.98. The molecule has 0 saturated heterocycles. The minimum absolute atomic E-state index is 0.00493. The fourth-order valence-corrected chi connectivity index (χ4v) is 5.60. The van der Waals surface area contributed by atoms with E-state index in [1.54, 1.807) is 37.3 Å². The highest BCUT2D eigenvalue weighted by Crippen LogP contribution is 2.36. The van der Waals surface area contributed by atoms with Crippen LogP contribution in [-0.2, 0) is 26.2 Å². The van der Waals surface area contributed by atoms with Gasteiger partial charge in [0.05, 0.1) is 24.8 Å². The Morgan fingerprint density at radius 2 is 1.59 bits per heavy atom. The van der Waals surface area contributed by atoms with Crippen LogP contribution in [0, 0.1) is 6.92 Å². The standard InChI is InChI=1S/C31H39N3O6S/c1-7-23(3)32-31(36)24(4)33(20-25-15-13-22(2)14-16-25)30(35)21-34(41(37,38)27-11-9-8-10-12-27)28-19-26(39-5)17-18-29(28)40-6/h8-19,23-24H,7,20-21H2,1-6H3,(H,32,36)/t23-,24+/m1/s1. The van der Waals surface area contributed by atoms with Crippen LogP contribution in [0.3, 0.4) is 0 Å². The highest BCUT2D eigenvalue weighted by Gasteiger charge is 2.34. The zero-order valence-electron chi connectivity index (χ0n) is 24.5. The summed E-state index contributed by atoms with van der Waals surface area (Å²) in [5, 5.41) is 2.93. The fraction of sp³-hybridized carbons (Fsp3) is 0.355. The highest BCUT2D eigenvalue weighted by molar-refractivity contribution is 7.92. The summed E-state index contributed by atoms with van der Waals surface area (Å²) in [6, 6.07) is 19.3. The van der Waals surface area contributed by atoms with Crippen LogP contribution in [0.2, 0.25) is 0 Å². The molecule has 0 aliphatic heterocycles. The Morgan fingerprint density at radius 1 is 0.927 bits per heavy atom. The van der Waals surface area contributed by atoms with Gasteiger partial charge in [0.1, 0.15) is 24.1 Å². The number of nitrogens with zero attached hydrogens (tertiary/aromatic N) is 2. The van der Waals surface area contributed by atoms with Gasteiger partial charge in [-0.1, -0.05) is 55.0 Å². The number of benzene rings is 3. The van der Waals surface area contributed by atoms with Crippen LogP contribution in [0.25, 0.3) is 0 Å². The molecule has 3 rings (SSSR count). The van der Waals surface area contributed by atoms with Gasteiger partial charge in [-0.15, -0.1) is 0 Å². The molecule has 2 amide bonds. The molecule has 0 spiro atoms. The first-order chi connectivity index (χ1) is 19.5. The first-order valence-electron chi connectivity index (χ1n) is 13.5. The molecule has 9 nitrogen and oxygen atoms in total. The number of carbonyl (C=O) groups excluding carboxylic acids is 2. The van der Waals surface area contributed by atoms with Gasteiger partial charge in [-0.3, -0.25) is 13.9 Å². The summed E-state index contributed by atoms with van der Waals surface area (Å²) >= 11 is 0. The number of methoxy groups -OCH3 is 2. The van der Waals surface area contributed by atoms with E-state index in [-0.39, 0.29) is 34.8 Å². The van der Waals surface area contributed by atoms with E-state index in [4.69, 9.17) is 9.47 Å². The number of carbonyl (C=O) groups is 2. The lowest BCUT2D eigenvalue weighted by molar-refractivity contribution is -0.139. The Morgan fingerprint density at radius 3 is 2.17 bits per heavy atom. The number of rotatable bonds is 13. The molecule has 1 N–H and O–H groups in total. The van der Waals surface area contributed by atoms with E-state index >= 15 is 0 Å². The molecule has 0 fully saturated rings. The molecule has 0 aliphatic carbocycles. The maximum Gasteiger partial charge on any atom is 0.264 e. The lowest BCUT2D eigenvalue weighted by Gasteiger charge is -2.33. The maximum absolute atomic E-state index is 14.1. The number of hydrogen-bond acceptors (Lipinski definition) is 6. The molecule has 3 aromatic carbocycles. The van der Waals surface area contributed by atoms with Gasteiger partial charge in [-0.05, 0) is 57.0 Å². The van der Waals surface area contributed by atoms with E-state index < -0.39 is 28.5 Å². The number of nitrogens with one attached hydrogen (secondary N) is 1. The highest BCUT2D eigenvalue weighted by atomic mass is 32.2. The Balaban J connectivity index is 2.10. The number of aryl methyl sites for hydroxylation is 1. The summed E-state index contributed by atoms with van der Waals surface area (Å²) in [4.78, 5) is 28.7. The normalized spacial score (nSPS) is 12.6. The Bertz CT molecular complexity index is 1430. The van der Waals surface area contributed by atoms with Crippen molar-refractivity contribution < 1.29 is 27.5 Å². The molecule has 0 radical (unpaired) electrons. The molecular formula is C31H39N3O6S. The van der Waals surface area contributed by atoms with Crippen molar-refractivity contribution in [2.75, 3.05) is 25.1 Å². The molecule has 0 aromatic heterocycles. The topological polar surface area (TPSA) is 105 Å². The predicted octanol–water partition coefficient (Wildman–Crippen LogP) is 4.54. The molecule has 10 heteroatoms. The van der Waals surface area contributed by atoms with E-state index in [0.29, 0.717) is 5.75 Å². The van der Waals surface area contributed by atoms with Crippen molar-refractivity contribution in [1.82, 2.24) is 10.2 Å². The van der Waals surface area contributed by atoms with Crippen molar-refractivity contribution in [3.05, 3.63) is 83.9 Å². The molecule has 0 aliphatic rings. The summed E-state index contributed by atoms with van der Waals surface area (Å²) in [7, 11) is -1.35. The fourth-order valence-electron chi connectivity index (χ4n) is 4.16. The lowest BCUT2D eigenvalue weighted by Crippen LogP contribution is -2.52. The van der Waals surface area contributed by atoms with Crippen molar-refractivity contribution in [3.63, 3.8) is 0 Å². The lowest BCUT2D eigenvalue weighted by atomic mass is 10.1. The minimum atomic E-state index is -4.24. The minimum Gasteiger partial charge on any atom is -0.497 e. The van der Waals surface area contributed by atoms with Gasteiger partial charge in [-0.25, -0.2) is 8.42 Å². The third-order valence-electron chi connectivity index (χ3n) is 6.91. The van der Waals surface area contributed by atoms with E-state index in [1.165, 1.54) is 37.3 Å². The van der Waals surface area contributed by atoms with E-state index in [9.17, 15) is 18.0 Å². The first-order valence-corrected chi connectivity index (χ1v) is 14.9. The SMILES string of the molecule is CC[C@@H](C)NC(=O)[C@H](C)N(Cc1ccc(C)cc1)C(=O)CN(c1cc(OC)ccc1OC)S(=O)(=O)c1ccccc1. The Hall–Kier alpha value is -4.05. The van der Waals surface area contributed by atoms with Gasteiger partial charge >= 0.3 is 0 Å². The van der Waals surface area contributed by atoms with Crippen molar-refractivity contribution in [1.29, 1.82) is 0 Å². The van der Waals surface area contributed by atoms with E-state index in [0.717, 1.165) is 21.9 Å². The Labute approximate surface area is 243 Å². The second-order valence-corrected chi connectivity index (χ2v) is 11.7. The summed E-state index contributed by atoms with van der Waals surface area (Å²) in [5.74, 6) is -0.247. The summed E-state index contributed by atoms with van der Waals surface area (Å²) in [6.45, 7) is 6.99. The quantitative estimate of drug-likeness (QED) is 0.318. The second kappa shape index (κ2) is 14.0. The van der Waals surface area contributed by atoms with Crippen LogP contribution < -0.4 is 19.1 Å². The predicted molar refractivity (Wildman–Crippen MR) is 160 cm³/mol. The number of ether oxygens (including phenoxy) is 2. The molecule has 0 bridgehead atoms. The second-order valence-electron chi connectivity index (χ2n) is 9.86. The van der Waals surface area contributed by atoms with Gasteiger partial charge in [0.2, 0.25) is 11.8 Å². The largest absolute Gasteiger partial charge is 0.497 e. The maximum atomic E-state index is 14.1. The monoisotopic (exact) mass is 581 g/mol. The first kappa shape index (κ1) is 31.5. The number of sulfonamides is 1. The third kappa shape index (κ3) is 7.79. The molecule has 0 heterocycles. The molecular weight excluding hydrogens is 542 g/mol. The van der Waals surface area contributed by atoms with Crippen molar-refractivity contribution in [2.45, 2.75) is 57.6 Å². The van der Waals surface area contributed by atoms with Crippen molar-refractivity contribution in [2.24, 2.45) is 0 Å². The van der Waals surface area contributed by atoms with Gasteiger partial charge in [0.25, 0.3) is 10.0 Å². The van der Waals surface area contributed by atoms with Crippen molar-refractivity contribution in [3.8, 4) is 11.5 Å². The molecule has 0 saturated carbocycles. The zero-order valence-corrected chi connectivity index (χ0v) is 25.3. The number of anilines is 1. The molecule has 3 aromatic rings. The van der Waals surface area contributed by atoms with E-state index in [2.05, 4.69) is 5.32 Å². The number of hydrogen-bond donors (Lipinski definition) is 1. The summed E-state index contributed by atoms with van der Waals surface area (Å²) in [6.07, 6.45) is 0.725. The van der Waals surface area contributed by atoms with Gasteiger partial charge < -0.3 is 19.7 Å².